The molecular formula is C12H23F2N3. The Bertz CT molecular complexity index is 244. The minimum atomic E-state index is -2.39. The highest BCUT2D eigenvalue weighted by atomic mass is 19.3. The van der Waals surface area contributed by atoms with E-state index in [-0.39, 0.29) is 0 Å². The Hall–Kier alpha value is -0.260. The third-order valence-electron chi connectivity index (χ3n) is 4.21. The number of nitrogens with two attached hydrogens (primary N) is 1. The zero-order chi connectivity index (χ0) is 12.3. The highest BCUT2D eigenvalue weighted by Gasteiger charge is 2.38. The van der Waals surface area contributed by atoms with Gasteiger partial charge < -0.3 is 16.0 Å². The van der Waals surface area contributed by atoms with Gasteiger partial charge in [0.15, 0.2) is 0 Å². The molecule has 0 bridgehead atoms. The SMILES string of the molecule is NC1(C(F)F)CCCN(C2CCNCC2)CC1. The van der Waals surface area contributed by atoms with Crippen molar-refractivity contribution in [2.75, 3.05) is 26.2 Å². The number of alkyl halides is 2. The zero-order valence-corrected chi connectivity index (χ0v) is 10.3. The van der Waals surface area contributed by atoms with E-state index in [0.717, 1.165) is 45.4 Å². The van der Waals surface area contributed by atoms with Crippen LogP contribution in [0.5, 0.6) is 0 Å². The molecule has 2 aliphatic heterocycles. The minimum absolute atomic E-state index is 0.425. The first-order valence-corrected chi connectivity index (χ1v) is 6.64. The van der Waals surface area contributed by atoms with Crippen LogP contribution in [0.3, 0.4) is 0 Å². The maximum atomic E-state index is 12.9. The number of halogens is 2. The van der Waals surface area contributed by atoms with Gasteiger partial charge in [0.1, 0.15) is 0 Å². The van der Waals surface area contributed by atoms with E-state index in [2.05, 4.69) is 10.2 Å². The maximum absolute atomic E-state index is 12.9. The van der Waals surface area contributed by atoms with Crippen molar-refractivity contribution in [2.45, 2.75) is 50.1 Å². The molecule has 2 rings (SSSR count). The summed E-state index contributed by atoms with van der Waals surface area (Å²) in [5.41, 5.74) is 4.56. The van der Waals surface area contributed by atoms with Crippen LogP contribution in [0.25, 0.3) is 0 Å². The molecule has 2 fully saturated rings. The van der Waals surface area contributed by atoms with Gasteiger partial charge in [-0.3, -0.25) is 0 Å². The van der Waals surface area contributed by atoms with Crippen molar-refractivity contribution in [1.29, 1.82) is 0 Å². The van der Waals surface area contributed by atoms with Crippen molar-refractivity contribution in [1.82, 2.24) is 10.2 Å². The lowest BCUT2D eigenvalue weighted by molar-refractivity contribution is 0.0432. The number of likely N-dealkylation sites (tertiary alicyclic amines) is 1. The Kier molecular flexibility index (Phi) is 4.33. The molecule has 0 aromatic rings. The van der Waals surface area contributed by atoms with Gasteiger partial charge in [0, 0.05) is 12.6 Å². The van der Waals surface area contributed by atoms with E-state index in [1.165, 1.54) is 0 Å². The first-order chi connectivity index (χ1) is 8.12. The van der Waals surface area contributed by atoms with Crippen molar-refractivity contribution >= 4 is 0 Å². The summed E-state index contributed by atoms with van der Waals surface area (Å²) in [5, 5.41) is 3.33. The first kappa shape index (κ1) is 13.2. The van der Waals surface area contributed by atoms with Crippen LogP contribution in [-0.4, -0.2) is 49.1 Å². The smallest absolute Gasteiger partial charge is 0.256 e. The lowest BCUT2D eigenvalue weighted by Gasteiger charge is -2.34. The molecule has 17 heavy (non-hydrogen) atoms. The lowest BCUT2D eigenvalue weighted by atomic mass is 9.92. The summed E-state index contributed by atoms with van der Waals surface area (Å²) in [5.74, 6) is 0. The monoisotopic (exact) mass is 247 g/mol. The Morgan fingerprint density at radius 1 is 1.18 bits per heavy atom. The van der Waals surface area contributed by atoms with Gasteiger partial charge in [-0.25, -0.2) is 8.78 Å². The molecule has 0 aliphatic carbocycles. The van der Waals surface area contributed by atoms with Crippen LogP contribution in [0.15, 0.2) is 0 Å². The summed E-state index contributed by atoms with van der Waals surface area (Å²) in [6, 6.07) is 0.566. The van der Waals surface area contributed by atoms with Crippen LogP contribution in [0, 0.1) is 0 Å². The van der Waals surface area contributed by atoms with Crippen molar-refractivity contribution in [3.05, 3.63) is 0 Å². The molecule has 2 saturated heterocycles. The number of piperidine rings is 1. The van der Waals surface area contributed by atoms with E-state index in [0.29, 0.717) is 18.9 Å². The van der Waals surface area contributed by atoms with Crippen molar-refractivity contribution in [2.24, 2.45) is 5.73 Å². The predicted octanol–water partition coefficient (Wildman–Crippen LogP) is 1.19. The van der Waals surface area contributed by atoms with Gasteiger partial charge in [-0.2, -0.15) is 0 Å². The first-order valence-electron chi connectivity index (χ1n) is 6.64. The number of nitrogens with one attached hydrogen (secondary N) is 1. The highest BCUT2D eigenvalue weighted by molar-refractivity contribution is 4.92. The van der Waals surface area contributed by atoms with E-state index >= 15 is 0 Å². The van der Waals surface area contributed by atoms with Crippen molar-refractivity contribution in [3.63, 3.8) is 0 Å². The zero-order valence-electron chi connectivity index (χ0n) is 10.3. The lowest BCUT2D eigenvalue weighted by Crippen LogP contribution is -2.48. The van der Waals surface area contributed by atoms with E-state index < -0.39 is 12.0 Å². The summed E-state index contributed by atoms with van der Waals surface area (Å²) in [7, 11) is 0. The molecule has 0 amide bonds. The Morgan fingerprint density at radius 2 is 1.88 bits per heavy atom. The average Bonchev–Trinajstić information content (AvgIpc) is 2.54. The molecule has 0 aromatic heterocycles. The van der Waals surface area contributed by atoms with E-state index in [1.807, 2.05) is 0 Å². The topological polar surface area (TPSA) is 41.3 Å². The highest BCUT2D eigenvalue weighted by Crippen LogP contribution is 2.28. The molecule has 0 saturated carbocycles. The second-order valence-corrected chi connectivity index (χ2v) is 5.40. The van der Waals surface area contributed by atoms with Gasteiger partial charge in [0.2, 0.25) is 0 Å². The molecule has 1 atom stereocenters. The summed E-state index contributed by atoms with van der Waals surface area (Å²) >= 11 is 0. The molecule has 2 heterocycles. The predicted molar refractivity (Wildman–Crippen MR) is 64.2 cm³/mol. The second kappa shape index (κ2) is 5.59. The number of hydrogen-bond acceptors (Lipinski definition) is 3. The van der Waals surface area contributed by atoms with Crippen LogP contribution in [-0.2, 0) is 0 Å². The van der Waals surface area contributed by atoms with Crippen LogP contribution < -0.4 is 11.1 Å². The molecule has 3 nitrogen and oxygen atoms in total. The normalized spacial score (nSPS) is 33.9. The molecule has 3 N–H and O–H groups in total. The largest absolute Gasteiger partial charge is 0.320 e. The maximum Gasteiger partial charge on any atom is 0.256 e. The molecule has 100 valence electrons. The van der Waals surface area contributed by atoms with Crippen LogP contribution >= 0.6 is 0 Å². The van der Waals surface area contributed by atoms with Crippen LogP contribution in [0.1, 0.15) is 32.1 Å². The molecule has 1 unspecified atom stereocenters. The van der Waals surface area contributed by atoms with Gasteiger partial charge in [-0.05, 0) is 51.7 Å². The fourth-order valence-corrected chi connectivity index (χ4v) is 2.96. The third-order valence-corrected chi connectivity index (χ3v) is 4.21. The summed E-state index contributed by atoms with van der Waals surface area (Å²) in [6.07, 6.45) is 1.54. The molecular weight excluding hydrogens is 224 g/mol. The standard InChI is InChI=1S/C12H23F2N3/c13-11(14)12(15)4-1-8-17(9-5-12)10-2-6-16-7-3-10/h10-11,16H,1-9,15H2. The van der Waals surface area contributed by atoms with Gasteiger partial charge in [0.05, 0.1) is 5.54 Å². The summed E-state index contributed by atoms with van der Waals surface area (Å²) in [4.78, 5) is 2.37. The Balaban J connectivity index is 1.90. The molecule has 0 aromatic carbocycles. The molecule has 2 aliphatic rings. The van der Waals surface area contributed by atoms with Gasteiger partial charge in [-0.15, -0.1) is 0 Å². The Labute approximate surface area is 102 Å². The average molecular weight is 247 g/mol. The van der Waals surface area contributed by atoms with Gasteiger partial charge in [-0.1, -0.05) is 0 Å². The summed E-state index contributed by atoms with van der Waals surface area (Å²) in [6.45, 7) is 3.75. The van der Waals surface area contributed by atoms with Gasteiger partial charge >= 0.3 is 0 Å². The van der Waals surface area contributed by atoms with Crippen LogP contribution in [0.2, 0.25) is 0 Å². The van der Waals surface area contributed by atoms with Crippen molar-refractivity contribution < 1.29 is 8.78 Å². The van der Waals surface area contributed by atoms with Crippen LogP contribution in [0.4, 0.5) is 8.78 Å². The Morgan fingerprint density at radius 3 is 2.53 bits per heavy atom. The quantitative estimate of drug-likeness (QED) is 0.770. The number of hydrogen-bond donors (Lipinski definition) is 2. The van der Waals surface area contributed by atoms with Gasteiger partial charge in [0.25, 0.3) is 6.43 Å². The number of rotatable bonds is 2. The fourth-order valence-electron chi connectivity index (χ4n) is 2.96. The molecule has 0 spiro atoms. The summed E-state index contributed by atoms with van der Waals surface area (Å²) < 4.78 is 25.8. The van der Waals surface area contributed by atoms with E-state index in [1.54, 1.807) is 0 Å². The van der Waals surface area contributed by atoms with Crippen molar-refractivity contribution in [3.8, 4) is 0 Å². The van der Waals surface area contributed by atoms with E-state index in [9.17, 15) is 8.78 Å². The molecule has 5 heteroatoms. The fraction of sp³-hybridized carbons (Fsp3) is 1.00. The number of nitrogens with zero attached hydrogens (tertiary/aromatic N) is 1. The third kappa shape index (κ3) is 3.14. The second-order valence-electron chi connectivity index (χ2n) is 5.40. The molecule has 0 radical (unpaired) electrons. The minimum Gasteiger partial charge on any atom is -0.320 e. The van der Waals surface area contributed by atoms with E-state index in [4.69, 9.17) is 5.73 Å².